The minimum Gasteiger partial charge on any atom is -0.366 e. The first-order valence-electron chi connectivity index (χ1n) is 8.47. The van der Waals surface area contributed by atoms with Crippen LogP contribution in [0.2, 0.25) is 10.0 Å². The fraction of sp³-hybridized carbons (Fsp3) is 0.200. The lowest BCUT2D eigenvalue weighted by Crippen LogP contribution is -2.34. The molecule has 2 aromatic carbocycles. The van der Waals surface area contributed by atoms with E-state index in [-0.39, 0.29) is 16.8 Å². The van der Waals surface area contributed by atoms with Crippen molar-refractivity contribution in [2.75, 3.05) is 18.0 Å². The number of amides is 2. The topological polar surface area (TPSA) is 40.6 Å². The molecule has 0 aromatic heterocycles. The Morgan fingerprint density at radius 1 is 0.808 bits per heavy atom. The second-order valence-electron chi connectivity index (χ2n) is 6.30. The van der Waals surface area contributed by atoms with Gasteiger partial charge in [-0.25, -0.2) is 4.90 Å². The molecule has 4 rings (SSSR count). The van der Waals surface area contributed by atoms with Gasteiger partial charge in [-0.2, -0.15) is 0 Å². The molecule has 0 spiro atoms. The van der Waals surface area contributed by atoms with Gasteiger partial charge in [0.1, 0.15) is 5.70 Å². The summed E-state index contributed by atoms with van der Waals surface area (Å²) < 4.78 is 0. The van der Waals surface area contributed by atoms with Crippen LogP contribution in [0, 0.1) is 0 Å². The zero-order chi connectivity index (χ0) is 18.3. The summed E-state index contributed by atoms with van der Waals surface area (Å²) in [6.07, 6.45) is 2.01. The van der Waals surface area contributed by atoms with Crippen LogP contribution < -0.4 is 4.90 Å². The molecule has 1 fully saturated rings. The number of benzene rings is 2. The second-order valence-corrected chi connectivity index (χ2v) is 7.09. The van der Waals surface area contributed by atoms with Crippen LogP contribution in [-0.2, 0) is 9.59 Å². The van der Waals surface area contributed by atoms with E-state index in [1.54, 1.807) is 18.2 Å². The van der Waals surface area contributed by atoms with Gasteiger partial charge in [0.2, 0.25) is 0 Å². The minimum atomic E-state index is -0.368. The van der Waals surface area contributed by atoms with Crippen LogP contribution >= 0.6 is 23.2 Å². The summed E-state index contributed by atoms with van der Waals surface area (Å²) in [4.78, 5) is 29.7. The number of hydrogen-bond acceptors (Lipinski definition) is 3. The van der Waals surface area contributed by atoms with Crippen molar-refractivity contribution in [2.45, 2.75) is 12.8 Å². The zero-order valence-electron chi connectivity index (χ0n) is 13.9. The molecule has 2 amide bonds. The van der Waals surface area contributed by atoms with Gasteiger partial charge in [-0.15, -0.1) is 0 Å². The average molecular weight is 387 g/mol. The smallest absolute Gasteiger partial charge is 0.282 e. The molecule has 132 valence electrons. The maximum absolute atomic E-state index is 13.3. The lowest BCUT2D eigenvalue weighted by atomic mass is 10.0. The maximum atomic E-state index is 13.3. The molecule has 26 heavy (non-hydrogen) atoms. The summed E-state index contributed by atoms with van der Waals surface area (Å²) in [5, 5.41) is 0.506. The highest BCUT2D eigenvalue weighted by atomic mass is 35.5. The zero-order valence-corrected chi connectivity index (χ0v) is 15.4. The first kappa shape index (κ1) is 17.1. The molecule has 2 heterocycles. The number of carbonyl (C=O) groups is 2. The van der Waals surface area contributed by atoms with Gasteiger partial charge in [-0.3, -0.25) is 9.59 Å². The number of nitrogens with zero attached hydrogens (tertiary/aromatic N) is 2. The van der Waals surface area contributed by atoms with Crippen LogP contribution in [0.3, 0.4) is 0 Å². The Morgan fingerprint density at radius 2 is 1.50 bits per heavy atom. The Balaban J connectivity index is 1.87. The highest BCUT2D eigenvalue weighted by molar-refractivity contribution is 6.49. The number of rotatable bonds is 3. The van der Waals surface area contributed by atoms with E-state index in [9.17, 15) is 9.59 Å². The van der Waals surface area contributed by atoms with Crippen molar-refractivity contribution in [1.82, 2.24) is 4.90 Å². The van der Waals surface area contributed by atoms with Gasteiger partial charge in [0.15, 0.2) is 0 Å². The Labute approximate surface area is 161 Å². The molecule has 2 aliphatic rings. The van der Waals surface area contributed by atoms with Crippen molar-refractivity contribution < 1.29 is 9.59 Å². The molecule has 2 aromatic rings. The molecule has 0 radical (unpaired) electrons. The molecular formula is C20H16Cl2N2O2. The van der Waals surface area contributed by atoms with Crippen LogP contribution in [0.25, 0.3) is 5.57 Å². The molecule has 2 aliphatic heterocycles. The first-order chi connectivity index (χ1) is 12.6. The van der Waals surface area contributed by atoms with E-state index in [1.807, 2.05) is 35.2 Å². The van der Waals surface area contributed by atoms with Crippen molar-refractivity contribution in [3.05, 3.63) is 69.8 Å². The highest BCUT2D eigenvalue weighted by Crippen LogP contribution is 2.40. The number of anilines is 1. The van der Waals surface area contributed by atoms with Gasteiger partial charge < -0.3 is 4.90 Å². The third-order valence-corrected chi connectivity index (χ3v) is 5.53. The van der Waals surface area contributed by atoms with Crippen molar-refractivity contribution in [2.24, 2.45) is 0 Å². The minimum absolute atomic E-state index is 0.200. The number of likely N-dealkylation sites (tertiary alicyclic amines) is 1. The highest BCUT2D eigenvalue weighted by Gasteiger charge is 2.43. The van der Waals surface area contributed by atoms with Crippen molar-refractivity contribution >= 4 is 46.3 Å². The molecule has 1 saturated heterocycles. The van der Waals surface area contributed by atoms with Gasteiger partial charge in [0, 0.05) is 13.1 Å². The number of halogens is 2. The fourth-order valence-corrected chi connectivity index (χ4v) is 3.88. The van der Waals surface area contributed by atoms with E-state index in [0.717, 1.165) is 36.4 Å². The van der Waals surface area contributed by atoms with Crippen molar-refractivity contribution in [3.63, 3.8) is 0 Å². The molecule has 6 heteroatoms. The second kappa shape index (κ2) is 6.78. The van der Waals surface area contributed by atoms with Gasteiger partial charge in [0.25, 0.3) is 11.8 Å². The van der Waals surface area contributed by atoms with Crippen LogP contribution in [0.15, 0.2) is 54.2 Å². The van der Waals surface area contributed by atoms with E-state index >= 15 is 0 Å². The maximum Gasteiger partial charge on any atom is 0.282 e. The van der Waals surface area contributed by atoms with Gasteiger partial charge in [-0.1, -0.05) is 59.6 Å². The van der Waals surface area contributed by atoms with Crippen LogP contribution in [0.1, 0.15) is 18.4 Å². The fourth-order valence-electron chi connectivity index (χ4n) is 3.50. The van der Waals surface area contributed by atoms with Gasteiger partial charge in [0.05, 0.1) is 21.3 Å². The SMILES string of the molecule is O=C1C(c2ccccc2)=C(N2CCCC2)C(=O)N1c1cccc(Cl)c1Cl. The Hall–Kier alpha value is -2.30. The monoisotopic (exact) mass is 386 g/mol. The van der Waals surface area contributed by atoms with Crippen molar-refractivity contribution in [3.8, 4) is 0 Å². The Kier molecular flexibility index (Phi) is 4.47. The third-order valence-electron chi connectivity index (χ3n) is 4.72. The Bertz CT molecular complexity index is 919. The molecular weight excluding hydrogens is 371 g/mol. The largest absolute Gasteiger partial charge is 0.366 e. The summed E-state index contributed by atoms with van der Waals surface area (Å²) in [6, 6.07) is 14.2. The van der Waals surface area contributed by atoms with E-state index in [1.165, 1.54) is 0 Å². The predicted molar refractivity (Wildman–Crippen MR) is 103 cm³/mol. The predicted octanol–water partition coefficient (Wildman–Crippen LogP) is 4.37. The lowest BCUT2D eigenvalue weighted by molar-refractivity contribution is -0.120. The van der Waals surface area contributed by atoms with Crippen molar-refractivity contribution in [1.29, 1.82) is 0 Å². The molecule has 0 unspecified atom stereocenters. The average Bonchev–Trinajstić information content (AvgIpc) is 3.25. The molecule has 0 atom stereocenters. The quantitative estimate of drug-likeness (QED) is 0.735. The van der Waals surface area contributed by atoms with E-state index in [2.05, 4.69) is 0 Å². The van der Waals surface area contributed by atoms with Crippen LogP contribution in [0.4, 0.5) is 5.69 Å². The number of imide groups is 1. The van der Waals surface area contributed by atoms with Crippen LogP contribution in [0.5, 0.6) is 0 Å². The third kappa shape index (κ3) is 2.70. The summed E-state index contributed by atoms with van der Waals surface area (Å²) in [5.41, 5.74) is 1.92. The van der Waals surface area contributed by atoms with E-state index in [4.69, 9.17) is 23.2 Å². The summed E-state index contributed by atoms with van der Waals surface area (Å²) in [5.74, 6) is -0.716. The summed E-state index contributed by atoms with van der Waals surface area (Å²) in [6.45, 7) is 1.53. The lowest BCUT2D eigenvalue weighted by Gasteiger charge is -2.21. The van der Waals surface area contributed by atoms with Gasteiger partial charge >= 0.3 is 0 Å². The molecule has 0 N–H and O–H groups in total. The summed E-state index contributed by atoms with van der Waals surface area (Å²) in [7, 11) is 0. The molecule has 0 bridgehead atoms. The molecule has 0 aliphatic carbocycles. The van der Waals surface area contributed by atoms with E-state index in [0.29, 0.717) is 22.0 Å². The number of hydrogen-bond donors (Lipinski definition) is 0. The number of carbonyl (C=O) groups excluding carboxylic acids is 2. The van der Waals surface area contributed by atoms with Crippen LogP contribution in [-0.4, -0.2) is 29.8 Å². The molecule has 4 nitrogen and oxygen atoms in total. The van der Waals surface area contributed by atoms with E-state index < -0.39 is 0 Å². The summed E-state index contributed by atoms with van der Waals surface area (Å²) >= 11 is 12.4. The first-order valence-corrected chi connectivity index (χ1v) is 9.22. The van der Waals surface area contributed by atoms with Gasteiger partial charge in [-0.05, 0) is 30.5 Å². The standard InChI is InChI=1S/C20H16Cl2N2O2/c21-14-9-6-10-15(17(14)22)24-19(25)16(13-7-2-1-3-8-13)18(20(24)26)23-11-4-5-12-23/h1-3,6-10H,4-5,11-12H2. The molecule has 0 saturated carbocycles. The normalized spacial score (nSPS) is 17.6. The Morgan fingerprint density at radius 3 is 2.19 bits per heavy atom.